The van der Waals surface area contributed by atoms with Gasteiger partial charge in [-0.1, -0.05) is 39.0 Å². The summed E-state index contributed by atoms with van der Waals surface area (Å²) in [4.78, 5) is 38.9. The van der Waals surface area contributed by atoms with Crippen molar-refractivity contribution in [1.82, 2.24) is 0 Å². The van der Waals surface area contributed by atoms with Gasteiger partial charge in [0.05, 0.1) is 37.4 Å². The second-order valence-corrected chi connectivity index (χ2v) is 12.9. The zero-order chi connectivity index (χ0) is 31.7. The number of carbonyl (C=O) groups excluding carboxylic acids is 3. The minimum absolute atomic E-state index is 0.102. The fourth-order valence-electron chi connectivity index (χ4n) is 8.08. The van der Waals surface area contributed by atoms with Crippen LogP contribution < -0.4 is 0 Å². The molecule has 10 atom stereocenters. The number of ether oxygens (including phenoxy) is 5. The molecule has 0 spiro atoms. The van der Waals surface area contributed by atoms with Crippen LogP contribution in [-0.4, -0.2) is 100 Å². The minimum Gasteiger partial charge on any atom is -0.455 e. The molecule has 1 aromatic carbocycles. The van der Waals surface area contributed by atoms with Gasteiger partial charge in [0.15, 0.2) is 11.7 Å². The van der Waals surface area contributed by atoms with Gasteiger partial charge in [-0.15, -0.1) is 0 Å². The van der Waals surface area contributed by atoms with Crippen LogP contribution >= 0.6 is 0 Å². The van der Waals surface area contributed by atoms with Gasteiger partial charge in [0.1, 0.15) is 23.9 Å². The highest BCUT2D eigenvalue weighted by molar-refractivity contribution is 5.89. The molecule has 3 unspecified atom stereocenters. The quantitative estimate of drug-likeness (QED) is 0.222. The highest BCUT2D eigenvalue weighted by atomic mass is 16.8. The van der Waals surface area contributed by atoms with Gasteiger partial charge in [-0.05, 0) is 30.2 Å². The second-order valence-electron chi connectivity index (χ2n) is 12.9. The van der Waals surface area contributed by atoms with Crippen LogP contribution in [-0.2, 0) is 28.5 Å². The summed E-state index contributed by atoms with van der Waals surface area (Å²) >= 11 is 0. The first-order valence-electron chi connectivity index (χ1n) is 14.4. The third-order valence-electron chi connectivity index (χ3n) is 10.6. The number of hydrogen-bond acceptors (Lipinski definition) is 12. The Balaban J connectivity index is 1.83. The third-order valence-corrected chi connectivity index (χ3v) is 10.6. The summed E-state index contributed by atoms with van der Waals surface area (Å²) < 4.78 is 28.5. The largest absolute Gasteiger partial charge is 0.508 e. The Morgan fingerprint density at radius 1 is 1.02 bits per heavy atom. The molecule has 0 radical (unpaired) electrons. The van der Waals surface area contributed by atoms with Crippen LogP contribution in [0.4, 0.5) is 4.79 Å². The van der Waals surface area contributed by atoms with E-state index in [9.17, 15) is 34.8 Å². The van der Waals surface area contributed by atoms with Crippen molar-refractivity contribution in [3.05, 3.63) is 47.0 Å². The van der Waals surface area contributed by atoms with Gasteiger partial charge in [-0.3, -0.25) is 4.79 Å². The summed E-state index contributed by atoms with van der Waals surface area (Å²) in [5.41, 5.74) is -6.15. The van der Waals surface area contributed by atoms with Crippen LogP contribution in [0.1, 0.15) is 57.8 Å². The predicted octanol–water partition coefficient (Wildman–Crippen LogP) is 1.66. The Labute approximate surface area is 249 Å². The lowest BCUT2D eigenvalue weighted by Crippen LogP contribution is -2.82. The van der Waals surface area contributed by atoms with Crippen molar-refractivity contribution in [2.45, 2.75) is 95.3 Å². The summed E-state index contributed by atoms with van der Waals surface area (Å²) in [6.45, 7) is 7.37. The zero-order valence-corrected chi connectivity index (χ0v) is 25.1. The number of fused-ring (bicyclic) bond motifs is 5. The van der Waals surface area contributed by atoms with Gasteiger partial charge in [0.25, 0.3) is 0 Å². The van der Waals surface area contributed by atoms with Crippen molar-refractivity contribution in [2.24, 2.45) is 16.7 Å². The standard InChI is InChI=1S/C31H40O12/c1-15-18(33)13-31(38)25(42-26(36)17-10-8-7-9-11-17)23-29(5,24(35)22(41-16(2)32)21(15)28(31,3)4)19(34)12-20-30(23,14-40-20)43-27(37)39-6/h7-11,18-20,22-25,33-35,38H,12-14H2,1-6H3/t18-,19-,20+,22+,23?,24?,25?,29+,30-,31+/m0/s1. The lowest BCUT2D eigenvalue weighted by molar-refractivity contribution is -0.363. The first-order valence-corrected chi connectivity index (χ1v) is 14.4. The number of hydrogen-bond donors (Lipinski definition) is 4. The van der Waals surface area contributed by atoms with Gasteiger partial charge in [-0.2, -0.15) is 0 Å². The molecule has 236 valence electrons. The summed E-state index contributed by atoms with van der Waals surface area (Å²) in [7, 11) is 1.12. The van der Waals surface area contributed by atoms with Gasteiger partial charge < -0.3 is 44.1 Å². The van der Waals surface area contributed by atoms with E-state index in [4.69, 9.17) is 23.7 Å². The number of methoxy groups -OCH3 is 1. The Hall–Kier alpha value is -3.03. The third kappa shape index (κ3) is 4.40. The molecule has 0 amide bonds. The fraction of sp³-hybridized carbons (Fsp3) is 0.645. The lowest BCUT2D eigenvalue weighted by atomic mass is 9.44. The van der Waals surface area contributed by atoms with E-state index in [0.29, 0.717) is 5.57 Å². The Morgan fingerprint density at radius 2 is 1.67 bits per heavy atom. The number of benzene rings is 1. The molecule has 2 bridgehead atoms. The van der Waals surface area contributed by atoms with Crippen molar-refractivity contribution < 1.29 is 58.5 Å². The SMILES string of the molecule is COC(=O)O[C@@]12CO[C@@H]1C[C@H](O)[C@@]1(C)C(O)[C@H](OC(C)=O)C3=C(C)[C@@H](O)C[C@@](O)(C(OC(=O)c4ccccc4)C12)C3(C)C. The molecule has 43 heavy (non-hydrogen) atoms. The highest BCUT2D eigenvalue weighted by Gasteiger charge is 2.78. The molecule has 0 aromatic heterocycles. The number of aliphatic hydroxyl groups is 4. The van der Waals surface area contributed by atoms with Gasteiger partial charge >= 0.3 is 18.1 Å². The van der Waals surface area contributed by atoms with E-state index < -0.39 is 82.7 Å². The zero-order valence-electron chi connectivity index (χ0n) is 25.1. The normalized spacial score (nSPS) is 41.3. The Bertz CT molecular complexity index is 1330. The molecule has 4 aliphatic rings. The molecule has 3 fully saturated rings. The first kappa shape index (κ1) is 31.4. The van der Waals surface area contributed by atoms with Crippen LogP contribution in [0.25, 0.3) is 0 Å². The van der Waals surface area contributed by atoms with E-state index in [-0.39, 0.29) is 30.6 Å². The average molecular weight is 605 g/mol. The monoisotopic (exact) mass is 604 g/mol. The maximum atomic E-state index is 13.7. The van der Waals surface area contributed by atoms with E-state index in [1.165, 1.54) is 26.0 Å². The highest BCUT2D eigenvalue weighted by Crippen LogP contribution is 2.65. The number of aliphatic hydroxyl groups excluding tert-OH is 3. The maximum absolute atomic E-state index is 13.7. The molecular formula is C31H40O12. The number of esters is 2. The van der Waals surface area contributed by atoms with Crippen molar-refractivity contribution in [3.63, 3.8) is 0 Å². The molecule has 1 aromatic rings. The molecule has 1 saturated heterocycles. The van der Waals surface area contributed by atoms with Crippen molar-refractivity contribution in [3.8, 4) is 0 Å². The average Bonchev–Trinajstić information content (AvgIpc) is 2.95. The summed E-state index contributed by atoms with van der Waals surface area (Å²) in [6, 6.07) is 8.06. The molecule has 4 N–H and O–H groups in total. The van der Waals surface area contributed by atoms with Crippen molar-refractivity contribution in [1.29, 1.82) is 0 Å². The maximum Gasteiger partial charge on any atom is 0.508 e. The van der Waals surface area contributed by atoms with Crippen molar-refractivity contribution in [2.75, 3.05) is 13.7 Å². The summed E-state index contributed by atoms with van der Waals surface area (Å²) in [6.07, 6.45) is -9.82. The first-order chi connectivity index (χ1) is 20.1. The Kier molecular flexibility index (Phi) is 7.70. The smallest absolute Gasteiger partial charge is 0.455 e. The van der Waals surface area contributed by atoms with Crippen LogP contribution in [0.15, 0.2) is 41.5 Å². The summed E-state index contributed by atoms with van der Waals surface area (Å²) in [5.74, 6) is -2.91. The topological polar surface area (TPSA) is 178 Å². The molecule has 2 saturated carbocycles. The molecule has 1 aliphatic heterocycles. The van der Waals surface area contributed by atoms with Crippen LogP contribution in [0.3, 0.4) is 0 Å². The summed E-state index contributed by atoms with van der Waals surface area (Å²) in [5, 5.41) is 48.3. The Morgan fingerprint density at radius 3 is 2.23 bits per heavy atom. The lowest BCUT2D eigenvalue weighted by Gasteiger charge is -2.68. The van der Waals surface area contributed by atoms with Crippen LogP contribution in [0.2, 0.25) is 0 Å². The van der Waals surface area contributed by atoms with E-state index >= 15 is 0 Å². The van der Waals surface area contributed by atoms with Gasteiger partial charge in [0, 0.05) is 30.6 Å². The van der Waals surface area contributed by atoms with E-state index in [1.807, 2.05) is 0 Å². The van der Waals surface area contributed by atoms with E-state index in [2.05, 4.69) is 0 Å². The van der Waals surface area contributed by atoms with E-state index in [1.54, 1.807) is 39.0 Å². The molecular weight excluding hydrogens is 564 g/mol. The number of carbonyl (C=O) groups is 3. The molecule has 3 aliphatic carbocycles. The van der Waals surface area contributed by atoms with Crippen molar-refractivity contribution >= 4 is 18.1 Å². The number of rotatable bonds is 4. The van der Waals surface area contributed by atoms with Crippen LogP contribution in [0, 0.1) is 16.7 Å². The predicted molar refractivity (Wildman–Crippen MR) is 147 cm³/mol. The molecule has 12 heteroatoms. The van der Waals surface area contributed by atoms with Gasteiger partial charge in [-0.25, -0.2) is 9.59 Å². The second kappa shape index (κ2) is 10.6. The van der Waals surface area contributed by atoms with Gasteiger partial charge in [0.2, 0.25) is 0 Å². The minimum atomic E-state index is -2.11. The molecule has 12 nitrogen and oxygen atoms in total. The van der Waals surface area contributed by atoms with Crippen LogP contribution in [0.5, 0.6) is 0 Å². The fourth-order valence-corrected chi connectivity index (χ4v) is 8.08. The van der Waals surface area contributed by atoms with E-state index in [0.717, 1.165) is 7.11 Å². The molecule has 5 rings (SSSR count). The molecule has 1 heterocycles.